The summed E-state index contributed by atoms with van der Waals surface area (Å²) in [5.41, 5.74) is -2.73. The highest BCUT2D eigenvalue weighted by molar-refractivity contribution is 7.54. The van der Waals surface area contributed by atoms with E-state index in [1.54, 1.807) is 18.2 Å². The highest BCUT2D eigenvalue weighted by Crippen LogP contribution is 2.66. The van der Waals surface area contributed by atoms with E-state index in [4.69, 9.17) is 18.5 Å². The topological polar surface area (TPSA) is 54.0 Å². The van der Waals surface area contributed by atoms with Crippen molar-refractivity contribution in [1.29, 1.82) is 0 Å². The fourth-order valence-electron chi connectivity index (χ4n) is 2.58. The normalized spacial score (nSPS) is 12.1. The van der Waals surface area contributed by atoms with Crippen LogP contribution in [0.2, 0.25) is 0 Å². The van der Waals surface area contributed by atoms with Crippen molar-refractivity contribution >= 4 is 7.60 Å². The van der Waals surface area contributed by atoms with Crippen molar-refractivity contribution in [1.82, 2.24) is 0 Å². The second-order valence-electron chi connectivity index (χ2n) is 5.52. The zero-order chi connectivity index (χ0) is 20.1. The van der Waals surface area contributed by atoms with Crippen LogP contribution in [0.25, 0.3) is 11.1 Å². The number of halogens is 2. The van der Waals surface area contributed by atoms with E-state index in [0.29, 0.717) is 17.1 Å². The van der Waals surface area contributed by atoms with Gasteiger partial charge in [-0.3, -0.25) is 4.57 Å². The minimum atomic E-state index is -4.62. The molecule has 0 heterocycles. The molecular formula is C19H23F2O5P. The Morgan fingerprint density at radius 2 is 1.37 bits per heavy atom. The quantitative estimate of drug-likeness (QED) is 0.507. The Morgan fingerprint density at radius 1 is 0.852 bits per heavy atom. The molecule has 0 N–H and O–H groups in total. The molecule has 5 nitrogen and oxygen atoms in total. The number of methoxy groups -OCH3 is 2. The second kappa shape index (κ2) is 8.83. The van der Waals surface area contributed by atoms with Gasteiger partial charge in [0.2, 0.25) is 0 Å². The van der Waals surface area contributed by atoms with Crippen molar-refractivity contribution in [2.24, 2.45) is 0 Å². The van der Waals surface area contributed by atoms with Gasteiger partial charge in [-0.25, -0.2) is 0 Å². The number of ether oxygens (including phenoxy) is 2. The molecule has 0 amide bonds. The van der Waals surface area contributed by atoms with Crippen LogP contribution in [0.5, 0.6) is 11.5 Å². The van der Waals surface area contributed by atoms with Gasteiger partial charge in [0.1, 0.15) is 0 Å². The third-order valence-electron chi connectivity index (χ3n) is 3.89. The van der Waals surface area contributed by atoms with Gasteiger partial charge in [-0.05, 0) is 37.1 Å². The SMILES string of the molecule is CCOP(=O)(OCC)C(F)(F)c1ccc(-c2ccc(OC)c(OC)c2)cc1. The molecule has 0 bridgehead atoms. The Bertz CT molecular complexity index is 798. The van der Waals surface area contributed by atoms with E-state index < -0.39 is 18.8 Å². The Balaban J connectivity index is 2.37. The molecule has 0 unspecified atom stereocenters. The summed E-state index contributed by atoms with van der Waals surface area (Å²) in [6.07, 6.45) is 0. The molecule has 0 spiro atoms. The summed E-state index contributed by atoms with van der Waals surface area (Å²) in [6, 6.07) is 10.7. The van der Waals surface area contributed by atoms with Gasteiger partial charge in [0.25, 0.3) is 0 Å². The number of hydrogen-bond donors (Lipinski definition) is 0. The van der Waals surface area contributed by atoms with Crippen molar-refractivity contribution in [3.63, 3.8) is 0 Å². The molecular weight excluding hydrogens is 377 g/mol. The fourth-order valence-corrected chi connectivity index (χ4v) is 4.12. The summed E-state index contributed by atoms with van der Waals surface area (Å²) >= 11 is 0. The Kier molecular flexibility index (Phi) is 6.98. The highest BCUT2D eigenvalue weighted by Gasteiger charge is 2.54. The molecule has 0 fully saturated rings. The lowest BCUT2D eigenvalue weighted by atomic mass is 10.0. The van der Waals surface area contributed by atoms with Gasteiger partial charge in [-0.2, -0.15) is 8.78 Å². The second-order valence-corrected chi connectivity index (χ2v) is 7.59. The third-order valence-corrected chi connectivity index (χ3v) is 6.03. The predicted octanol–water partition coefficient (Wildman–Crippen LogP) is 5.69. The van der Waals surface area contributed by atoms with Crippen LogP contribution in [0.4, 0.5) is 8.78 Å². The van der Waals surface area contributed by atoms with Crippen LogP contribution in [-0.4, -0.2) is 27.4 Å². The first-order chi connectivity index (χ1) is 12.8. The van der Waals surface area contributed by atoms with E-state index in [0.717, 1.165) is 5.56 Å². The largest absolute Gasteiger partial charge is 0.493 e. The van der Waals surface area contributed by atoms with E-state index in [9.17, 15) is 13.3 Å². The molecule has 0 aliphatic rings. The van der Waals surface area contributed by atoms with Crippen molar-refractivity contribution in [3.8, 4) is 22.6 Å². The monoisotopic (exact) mass is 400 g/mol. The molecule has 0 atom stereocenters. The molecule has 27 heavy (non-hydrogen) atoms. The Hall–Kier alpha value is -1.95. The third kappa shape index (κ3) is 4.32. The van der Waals surface area contributed by atoms with Crippen LogP contribution in [0.15, 0.2) is 42.5 Å². The smallest absolute Gasteiger partial charge is 0.404 e. The molecule has 2 aromatic carbocycles. The summed E-state index contributed by atoms with van der Waals surface area (Å²) in [6.45, 7) is 2.69. The van der Waals surface area contributed by atoms with Crippen molar-refractivity contribution in [3.05, 3.63) is 48.0 Å². The fraction of sp³-hybridized carbons (Fsp3) is 0.368. The van der Waals surface area contributed by atoms with Crippen LogP contribution in [0.1, 0.15) is 19.4 Å². The summed E-state index contributed by atoms with van der Waals surface area (Å²) in [4.78, 5) is 0. The summed E-state index contributed by atoms with van der Waals surface area (Å²) < 4.78 is 62.2. The van der Waals surface area contributed by atoms with E-state index in [1.807, 2.05) is 0 Å². The van der Waals surface area contributed by atoms with E-state index in [2.05, 4.69) is 0 Å². The lowest BCUT2D eigenvalue weighted by Gasteiger charge is -2.26. The van der Waals surface area contributed by atoms with E-state index >= 15 is 0 Å². The summed E-state index contributed by atoms with van der Waals surface area (Å²) in [7, 11) is -1.58. The Labute approximate surface area is 157 Å². The van der Waals surface area contributed by atoms with Crippen molar-refractivity contribution < 1.29 is 31.9 Å². The first-order valence-electron chi connectivity index (χ1n) is 8.43. The van der Waals surface area contributed by atoms with Gasteiger partial charge in [0.15, 0.2) is 11.5 Å². The molecule has 0 aliphatic heterocycles. The van der Waals surface area contributed by atoms with Gasteiger partial charge >= 0.3 is 13.3 Å². The predicted molar refractivity (Wildman–Crippen MR) is 99.7 cm³/mol. The zero-order valence-corrected chi connectivity index (χ0v) is 16.6. The van der Waals surface area contributed by atoms with E-state index in [-0.39, 0.29) is 13.2 Å². The lowest BCUT2D eigenvalue weighted by molar-refractivity contribution is 0.0361. The first kappa shape index (κ1) is 21.4. The summed E-state index contributed by atoms with van der Waals surface area (Å²) in [5, 5.41) is 0. The molecule has 0 saturated heterocycles. The first-order valence-corrected chi connectivity index (χ1v) is 9.97. The maximum Gasteiger partial charge on any atom is 0.404 e. The molecule has 8 heteroatoms. The number of rotatable bonds is 9. The van der Waals surface area contributed by atoms with Gasteiger partial charge < -0.3 is 18.5 Å². The zero-order valence-electron chi connectivity index (χ0n) is 15.7. The van der Waals surface area contributed by atoms with Gasteiger partial charge in [-0.15, -0.1) is 0 Å². The minimum Gasteiger partial charge on any atom is -0.493 e. The molecule has 0 aliphatic carbocycles. The number of alkyl halides is 2. The average Bonchev–Trinajstić information content (AvgIpc) is 2.67. The molecule has 148 valence electrons. The Morgan fingerprint density at radius 3 is 1.85 bits per heavy atom. The number of benzene rings is 2. The molecule has 0 radical (unpaired) electrons. The standard InChI is InChI=1S/C19H23F2O5P/c1-5-25-27(22,26-6-2)19(20,21)16-10-7-14(8-11-16)15-9-12-17(23-3)18(13-15)24-4/h7-13H,5-6H2,1-4H3. The lowest BCUT2D eigenvalue weighted by Crippen LogP contribution is -2.18. The van der Waals surface area contributed by atoms with Crippen molar-refractivity contribution in [2.45, 2.75) is 19.5 Å². The molecule has 0 saturated carbocycles. The van der Waals surface area contributed by atoms with Crippen LogP contribution in [0.3, 0.4) is 0 Å². The van der Waals surface area contributed by atoms with Gasteiger partial charge in [-0.1, -0.05) is 30.3 Å². The van der Waals surface area contributed by atoms with Gasteiger partial charge in [0, 0.05) is 5.56 Å². The highest BCUT2D eigenvalue weighted by atomic mass is 31.2. The van der Waals surface area contributed by atoms with Crippen LogP contribution in [-0.2, 0) is 19.3 Å². The minimum absolute atomic E-state index is 0.142. The molecule has 2 rings (SSSR count). The maximum absolute atomic E-state index is 14.8. The van der Waals surface area contributed by atoms with E-state index in [1.165, 1.54) is 52.3 Å². The molecule has 2 aromatic rings. The van der Waals surface area contributed by atoms with Gasteiger partial charge in [0.05, 0.1) is 27.4 Å². The van der Waals surface area contributed by atoms with Crippen LogP contribution >= 0.6 is 7.60 Å². The average molecular weight is 400 g/mol. The summed E-state index contributed by atoms with van der Waals surface area (Å²) in [5.74, 6) is 1.10. The van der Waals surface area contributed by atoms with Crippen LogP contribution < -0.4 is 9.47 Å². The number of hydrogen-bond acceptors (Lipinski definition) is 5. The molecule has 0 aromatic heterocycles. The van der Waals surface area contributed by atoms with Crippen LogP contribution in [0, 0.1) is 0 Å². The van der Waals surface area contributed by atoms with Crippen molar-refractivity contribution in [2.75, 3.05) is 27.4 Å². The maximum atomic E-state index is 14.8.